The van der Waals surface area contributed by atoms with Crippen LogP contribution in [0.5, 0.6) is 5.75 Å². The average molecular weight is 422 g/mol. The van der Waals surface area contributed by atoms with Crippen LogP contribution in [0.2, 0.25) is 0 Å². The van der Waals surface area contributed by atoms with E-state index < -0.39 is 21.2 Å². The number of aliphatic carboxylic acids is 1. The van der Waals surface area contributed by atoms with E-state index in [4.69, 9.17) is 4.74 Å². The second-order valence-corrected chi connectivity index (χ2v) is 9.75. The summed E-state index contributed by atoms with van der Waals surface area (Å²) >= 11 is 0. The molecule has 0 amide bonds. The number of carboxylic acid groups (broad SMARTS) is 1. The predicted molar refractivity (Wildman–Crippen MR) is 108 cm³/mol. The van der Waals surface area contributed by atoms with Crippen LogP contribution in [-0.2, 0) is 14.6 Å². The second kappa shape index (κ2) is 9.39. The molecular weight excluding hydrogens is 394 g/mol. The predicted octanol–water partition coefficient (Wildman–Crippen LogP) is 3.08. The van der Waals surface area contributed by atoms with Crippen molar-refractivity contribution in [2.24, 2.45) is 5.41 Å². The molecular formula is C20H27N3O5S. The van der Waals surface area contributed by atoms with Crippen LogP contribution >= 0.6 is 0 Å². The van der Waals surface area contributed by atoms with Crippen molar-refractivity contribution in [3.63, 3.8) is 0 Å². The van der Waals surface area contributed by atoms with Gasteiger partial charge in [-0.25, -0.2) is 8.42 Å². The summed E-state index contributed by atoms with van der Waals surface area (Å²) in [6.45, 7) is 0.630. The number of carbonyl (C=O) groups is 1. The van der Waals surface area contributed by atoms with E-state index in [9.17, 15) is 18.3 Å². The number of sulfone groups is 1. The molecule has 3 rings (SSSR count). The van der Waals surface area contributed by atoms with Gasteiger partial charge < -0.3 is 9.84 Å². The van der Waals surface area contributed by atoms with Gasteiger partial charge in [0.2, 0.25) is 0 Å². The molecule has 9 heteroatoms. The zero-order chi connectivity index (χ0) is 20.7. The monoisotopic (exact) mass is 421 g/mol. The number of unbranched alkanes of at least 4 members (excludes halogenated alkanes) is 5. The molecule has 0 spiro atoms. The van der Waals surface area contributed by atoms with Gasteiger partial charge in [0.15, 0.2) is 9.84 Å². The van der Waals surface area contributed by atoms with Crippen molar-refractivity contribution in [2.75, 3.05) is 18.1 Å². The molecule has 0 radical (unpaired) electrons. The molecule has 0 bridgehead atoms. The van der Waals surface area contributed by atoms with E-state index in [2.05, 4.69) is 15.2 Å². The van der Waals surface area contributed by atoms with E-state index in [0.717, 1.165) is 55.7 Å². The summed E-state index contributed by atoms with van der Waals surface area (Å²) in [5, 5.41) is 16.1. The summed E-state index contributed by atoms with van der Waals surface area (Å²) in [7, 11) is -3.13. The summed E-state index contributed by atoms with van der Waals surface area (Å²) in [5.74, 6) is -0.645. The van der Waals surface area contributed by atoms with Crippen molar-refractivity contribution in [1.29, 1.82) is 0 Å². The Morgan fingerprint density at radius 1 is 1.10 bits per heavy atom. The molecule has 0 saturated carbocycles. The molecule has 0 aromatic carbocycles. The largest absolute Gasteiger partial charge is 0.492 e. The molecule has 0 aliphatic carbocycles. The molecule has 29 heavy (non-hydrogen) atoms. The third kappa shape index (κ3) is 5.79. The Morgan fingerprint density at radius 3 is 2.41 bits per heavy atom. The van der Waals surface area contributed by atoms with Gasteiger partial charge in [-0.3, -0.25) is 14.9 Å². The fraction of sp³-hybridized carbons (Fsp3) is 0.550. The number of hydrogen-bond acceptors (Lipinski definition) is 6. The summed E-state index contributed by atoms with van der Waals surface area (Å²) in [6, 6.07) is 5.64. The van der Waals surface area contributed by atoms with E-state index in [1.54, 1.807) is 12.4 Å². The SMILES string of the molecule is O=C(O)C1(CCCCCCCCOc2ccc(-c3ccn[nH]3)nc2)CS(=O)(=O)C1. The fourth-order valence-electron chi connectivity index (χ4n) is 3.66. The molecule has 2 aromatic heterocycles. The van der Waals surface area contributed by atoms with Crippen LogP contribution in [0.1, 0.15) is 44.9 Å². The average Bonchev–Trinajstić information content (AvgIpc) is 3.20. The number of rotatable bonds is 12. The van der Waals surface area contributed by atoms with E-state index >= 15 is 0 Å². The first kappa shape index (κ1) is 21.3. The molecule has 0 atom stereocenters. The third-order valence-electron chi connectivity index (χ3n) is 5.28. The Labute approximate surface area is 170 Å². The van der Waals surface area contributed by atoms with Gasteiger partial charge in [-0.2, -0.15) is 5.10 Å². The number of carboxylic acids is 1. The first-order valence-electron chi connectivity index (χ1n) is 9.93. The Kier molecular flexibility index (Phi) is 6.89. The molecule has 3 heterocycles. The lowest BCUT2D eigenvalue weighted by Gasteiger charge is -2.37. The molecule has 1 saturated heterocycles. The third-order valence-corrected chi connectivity index (χ3v) is 7.26. The quantitative estimate of drug-likeness (QED) is 0.505. The van der Waals surface area contributed by atoms with Gasteiger partial charge in [-0.15, -0.1) is 0 Å². The summed E-state index contributed by atoms with van der Waals surface area (Å²) in [4.78, 5) is 15.7. The topological polar surface area (TPSA) is 122 Å². The lowest BCUT2D eigenvalue weighted by molar-refractivity contribution is -0.147. The smallest absolute Gasteiger partial charge is 0.311 e. The molecule has 0 unspecified atom stereocenters. The van der Waals surface area contributed by atoms with Crippen LogP contribution in [0.15, 0.2) is 30.6 Å². The standard InChI is InChI=1S/C20H27N3O5S/c24-19(25)20(14-29(26,27)15-20)10-5-3-1-2-4-6-12-28-16-7-8-17(21-13-16)18-9-11-22-23-18/h7-9,11,13H,1-6,10,12,14-15H2,(H,22,23)(H,24,25). The number of aromatic amines is 1. The summed E-state index contributed by atoms with van der Waals surface area (Å²) in [5.41, 5.74) is 0.650. The van der Waals surface area contributed by atoms with Crippen molar-refractivity contribution in [2.45, 2.75) is 44.9 Å². The number of nitrogens with one attached hydrogen (secondary N) is 1. The van der Waals surface area contributed by atoms with Gasteiger partial charge in [0.05, 0.1) is 41.1 Å². The molecule has 1 aliphatic rings. The Balaban J connectivity index is 1.23. The van der Waals surface area contributed by atoms with Crippen molar-refractivity contribution in [3.05, 3.63) is 30.6 Å². The van der Waals surface area contributed by atoms with Gasteiger partial charge in [-0.1, -0.05) is 32.1 Å². The summed E-state index contributed by atoms with van der Waals surface area (Å²) in [6.07, 6.45) is 9.58. The minimum absolute atomic E-state index is 0.204. The van der Waals surface area contributed by atoms with Crippen LogP contribution < -0.4 is 4.74 Å². The molecule has 1 fully saturated rings. The van der Waals surface area contributed by atoms with Crippen molar-refractivity contribution >= 4 is 15.8 Å². The number of H-pyrrole nitrogens is 1. The maximum Gasteiger partial charge on any atom is 0.311 e. The normalized spacial score (nSPS) is 16.8. The highest BCUT2D eigenvalue weighted by Crippen LogP contribution is 2.38. The van der Waals surface area contributed by atoms with Crippen molar-refractivity contribution in [1.82, 2.24) is 15.2 Å². The first-order chi connectivity index (χ1) is 13.9. The van der Waals surface area contributed by atoms with Gasteiger partial charge in [0.25, 0.3) is 0 Å². The Bertz CT molecular complexity index is 883. The zero-order valence-electron chi connectivity index (χ0n) is 16.3. The minimum Gasteiger partial charge on any atom is -0.492 e. The van der Waals surface area contributed by atoms with E-state index in [1.807, 2.05) is 18.2 Å². The minimum atomic E-state index is -3.13. The number of aromatic nitrogens is 3. The van der Waals surface area contributed by atoms with Gasteiger partial charge >= 0.3 is 5.97 Å². The highest BCUT2D eigenvalue weighted by Gasteiger charge is 2.53. The van der Waals surface area contributed by atoms with Crippen LogP contribution in [0, 0.1) is 5.41 Å². The molecule has 1 aliphatic heterocycles. The second-order valence-electron chi connectivity index (χ2n) is 7.69. The summed E-state index contributed by atoms with van der Waals surface area (Å²) < 4.78 is 28.4. The van der Waals surface area contributed by atoms with Crippen LogP contribution in [0.25, 0.3) is 11.4 Å². The Morgan fingerprint density at radius 2 is 1.83 bits per heavy atom. The van der Waals surface area contributed by atoms with Crippen LogP contribution in [0.4, 0.5) is 0 Å². The molecule has 2 aromatic rings. The Hall–Kier alpha value is -2.42. The number of hydrogen-bond donors (Lipinski definition) is 2. The van der Waals surface area contributed by atoms with Gasteiger partial charge in [0.1, 0.15) is 5.75 Å². The van der Waals surface area contributed by atoms with E-state index in [-0.39, 0.29) is 11.5 Å². The number of pyridine rings is 1. The number of nitrogens with zero attached hydrogens (tertiary/aromatic N) is 2. The first-order valence-corrected chi connectivity index (χ1v) is 11.7. The maximum absolute atomic E-state index is 11.3. The fourth-order valence-corrected chi connectivity index (χ4v) is 5.80. The van der Waals surface area contributed by atoms with E-state index in [0.29, 0.717) is 13.0 Å². The lowest BCUT2D eigenvalue weighted by Crippen LogP contribution is -2.53. The van der Waals surface area contributed by atoms with Gasteiger partial charge in [-0.05, 0) is 31.0 Å². The van der Waals surface area contributed by atoms with Crippen molar-refractivity contribution < 1.29 is 23.1 Å². The van der Waals surface area contributed by atoms with Crippen LogP contribution in [0.3, 0.4) is 0 Å². The highest BCUT2D eigenvalue weighted by atomic mass is 32.2. The molecule has 158 valence electrons. The lowest BCUT2D eigenvalue weighted by atomic mass is 9.85. The highest BCUT2D eigenvalue weighted by molar-refractivity contribution is 7.93. The number of ether oxygens (including phenoxy) is 1. The van der Waals surface area contributed by atoms with Crippen LogP contribution in [-0.4, -0.2) is 52.8 Å². The molecule has 2 N–H and O–H groups in total. The van der Waals surface area contributed by atoms with E-state index in [1.165, 1.54) is 0 Å². The zero-order valence-corrected chi connectivity index (χ0v) is 17.2. The van der Waals surface area contributed by atoms with Gasteiger partial charge in [0, 0.05) is 6.20 Å². The molecule has 8 nitrogen and oxygen atoms in total. The maximum atomic E-state index is 11.3. The van der Waals surface area contributed by atoms with Crippen molar-refractivity contribution in [3.8, 4) is 17.1 Å².